The summed E-state index contributed by atoms with van der Waals surface area (Å²) < 4.78 is 9.85. The molecule has 0 spiro atoms. The lowest BCUT2D eigenvalue weighted by Crippen LogP contribution is -2.21. The van der Waals surface area contributed by atoms with E-state index < -0.39 is 23.4 Å². The number of hydrogen-bond acceptors (Lipinski definition) is 6. The van der Waals surface area contributed by atoms with E-state index in [-0.39, 0.29) is 17.0 Å². The van der Waals surface area contributed by atoms with Crippen LogP contribution in [0.15, 0.2) is 60.7 Å². The molecule has 0 saturated heterocycles. The highest BCUT2D eigenvalue weighted by Crippen LogP contribution is 2.28. The first-order valence-electron chi connectivity index (χ1n) is 8.27. The largest absolute Gasteiger partial charge is 0.490 e. The van der Waals surface area contributed by atoms with Crippen molar-refractivity contribution in [1.29, 1.82) is 0 Å². The summed E-state index contributed by atoms with van der Waals surface area (Å²) in [5.41, 5.74) is 0.182. The monoisotopic (exact) mass is 380 g/mol. The van der Waals surface area contributed by atoms with E-state index in [9.17, 15) is 19.7 Å². The normalized spacial score (nSPS) is 10.3. The number of nitro groups is 1. The zero-order chi connectivity index (χ0) is 20.1. The lowest BCUT2D eigenvalue weighted by atomic mass is 10.1. The molecular formula is C20H16N2O6. The molecule has 8 heteroatoms. The van der Waals surface area contributed by atoms with Crippen LogP contribution in [0, 0.1) is 10.1 Å². The molecule has 0 aliphatic heterocycles. The third-order valence-electron chi connectivity index (χ3n) is 4.01. The van der Waals surface area contributed by atoms with E-state index in [4.69, 9.17) is 9.47 Å². The second-order valence-corrected chi connectivity index (χ2v) is 5.79. The van der Waals surface area contributed by atoms with Crippen molar-refractivity contribution < 1.29 is 24.0 Å². The zero-order valence-corrected chi connectivity index (χ0v) is 14.9. The van der Waals surface area contributed by atoms with Gasteiger partial charge in [0.05, 0.1) is 17.6 Å². The molecule has 3 aromatic carbocycles. The molecule has 8 nitrogen and oxygen atoms in total. The zero-order valence-electron chi connectivity index (χ0n) is 14.9. The number of rotatable bonds is 6. The van der Waals surface area contributed by atoms with Gasteiger partial charge in [-0.2, -0.15) is 0 Å². The number of nitrogens with one attached hydrogen (secondary N) is 1. The number of fused-ring (bicyclic) bond motifs is 1. The van der Waals surface area contributed by atoms with Crippen LogP contribution < -0.4 is 10.1 Å². The molecule has 0 heterocycles. The number of nitrogens with zero attached hydrogens (tertiary/aromatic N) is 1. The molecule has 0 fully saturated rings. The molecule has 0 unspecified atom stereocenters. The number of hydrogen-bond donors (Lipinski definition) is 1. The van der Waals surface area contributed by atoms with Crippen molar-refractivity contribution in [2.24, 2.45) is 0 Å². The Kier molecular flexibility index (Phi) is 5.50. The van der Waals surface area contributed by atoms with Crippen LogP contribution in [0.1, 0.15) is 10.4 Å². The molecule has 3 aromatic rings. The Morgan fingerprint density at radius 1 is 1.07 bits per heavy atom. The number of esters is 1. The van der Waals surface area contributed by atoms with Crippen molar-refractivity contribution in [3.05, 3.63) is 76.3 Å². The lowest BCUT2D eigenvalue weighted by Gasteiger charge is -2.09. The molecule has 0 aliphatic rings. The Morgan fingerprint density at radius 2 is 1.82 bits per heavy atom. The van der Waals surface area contributed by atoms with E-state index in [0.717, 1.165) is 16.8 Å². The second-order valence-electron chi connectivity index (χ2n) is 5.79. The quantitative estimate of drug-likeness (QED) is 0.398. The smallest absolute Gasteiger partial charge is 0.338 e. The predicted molar refractivity (Wildman–Crippen MR) is 103 cm³/mol. The van der Waals surface area contributed by atoms with Crippen LogP contribution in [-0.2, 0) is 9.53 Å². The summed E-state index contributed by atoms with van der Waals surface area (Å²) in [6, 6.07) is 16.7. The van der Waals surface area contributed by atoms with Crippen molar-refractivity contribution in [3.63, 3.8) is 0 Å². The number of anilines is 1. The number of methoxy groups -OCH3 is 1. The van der Waals surface area contributed by atoms with Gasteiger partial charge >= 0.3 is 11.7 Å². The van der Waals surface area contributed by atoms with Crippen LogP contribution >= 0.6 is 0 Å². The van der Waals surface area contributed by atoms with Gasteiger partial charge < -0.3 is 14.8 Å². The highest BCUT2D eigenvalue weighted by Gasteiger charge is 2.19. The molecule has 1 amide bonds. The summed E-state index contributed by atoms with van der Waals surface area (Å²) >= 11 is 0. The SMILES string of the molecule is COc1ccc(C(=O)OCC(=O)Nc2cccc3ccccc23)cc1[N+](=O)[O-]. The molecular weight excluding hydrogens is 364 g/mol. The maximum Gasteiger partial charge on any atom is 0.338 e. The summed E-state index contributed by atoms with van der Waals surface area (Å²) in [4.78, 5) is 34.7. The number of benzene rings is 3. The summed E-state index contributed by atoms with van der Waals surface area (Å²) in [6.45, 7) is -0.526. The van der Waals surface area contributed by atoms with Gasteiger partial charge in [0.2, 0.25) is 0 Å². The average Bonchev–Trinajstić information content (AvgIpc) is 2.71. The summed E-state index contributed by atoms with van der Waals surface area (Å²) in [6.07, 6.45) is 0. The summed E-state index contributed by atoms with van der Waals surface area (Å²) in [5.74, 6) is -1.35. The van der Waals surface area contributed by atoms with E-state index in [1.165, 1.54) is 19.2 Å². The Bertz CT molecular complexity index is 1060. The van der Waals surface area contributed by atoms with Gasteiger partial charge in [-0.05, 0) is 23.6 Å². The molecule has 3 rings (SSSR count). The average molecular weight is 380 g/mol. The molecule has 0 bridgehead atoms. The minimum atomic E-state index is -0.848. The van der Waals surface area contributed by atoms with E-state index in [1.54, 1.807) is 12.1 Å². The number of carbonyl (C=O) groups excluding carboxylic acids is 2. The maximum absolute atomic E-state index is 12.2. The van der Waals surface area contributed by atoms with E-state index in [2.05, 4.69) is 5.32 Å². The molecule has 0 aromatic heterocycles. The molecule has 0 radical (unpaired) electrons. The Hall–Kier alpha value is -3.94. The predicted octanol–water partition coefficient (Wildman–Crippen LogP) is 3.55. The molecule has 0 aliphatic carbocycles. The van der Waals surface area contributed by atoms with Gasteiger partial charge in [-0.3, -0.25) is 14.9 Å². The lowest BCUT2D eigenvalue weighted by molar-refractivity contribution is -0.385. The number of amides is 1. The number of ether oxygens (including phenoxy) is 2. The van der Waals surface area contributed by atoms with E-state index in [1.807, 2.05) is 30.3 Å². The molecule has 0 saturated carbocycles. The minimum absolute atomic E-state index is 0.0234. The first kappa shape index (κ1) is 18.8. The number of nitro benzene ring substituents is 1. The van der Waals surface area contributed by atoms with Crippen LogP contribution in [-0.4, -0.2) is 30.5 Å². The van der Waals surface area contributed by atoms with Crippen LogP contribution in [0.5, 0.6) is 5.75 Å². The van der Waals surface area contributed by atoms with Crippen LogP contribution in [0.3, 0.4) is 0 Å². The first-order valence-corrected chi connectivity index (χ1v) is 8.27. The standard InChI is InChI=1S/C20H16N2O6/c1-27-18-10-9-14(11-17(18)22(25)26)20(24)28-12-19(23)21-16-8-4-6-13-5-2-3-7-15(13)16/h2-11H,12H2,1H3,(H,21,23). The molecule has 142 valence electrons. The molecule has 0 atom stereocenters. The van der Waals surface area contributed by atoms with Gasteiger partial charge in [-0.15, -0.1) is 0 Å². The van der Waals surface area contributed by atoms with Crippen molar-refractivity contribution in [3.8, 4) is 5.75 Å². The van der Waals surface area contributed by atoms with E-state index in [0.29, 0.717) is 5.69 Å². The second kappa shape index (κ2) is 8.17. The fourth-order valence-corrected chi connectivity index (χ4v) is 2.69. The van der Waals surface area contributed by atoms with E-state index >= 15 is 0 Å². The summed E-state index contributed by atoms with van der Waals surface area (Å²) in [5, 5.41) is 15.6. The summed E-state index contributed by atoms with van der Waals surface area (Å²) in [7, 11) is 1.29. The maximum atomic E-state index is 12.2. The molecule has 1 N–H and O–H groups in total. The van der Waals surface area contributed by atoms with Crippen LogP contribution in [0.25, 0.3) is 10.8 Å². The van der Waals surface area contributed by atoms with Gasteiger partial charge in [-0.25, -0.2) is 4.79 Å². The van der Waals surface area contributed by atoms with Gasteiger partial charge in [0.25, 0.3) is 5.91 Å². The van der Waals surface area contributed by atoms with Crippen molar-refractivity contribution >= 4 is 34.0 Å². The van der Waals surface area contributed by atoms with Crippen molar-refractivity contribution in [2.75, 3.05) is 19.0 Å². The van der Waals surface area contributed by atoms with Gasteiger partial charge in [-0.1, -0.05) is 36.4 Å². The Balaban J connectivity index is 1.67. The fourth-order valence-electron chi connectivity index (χ4n) is 2.69. The number of carbonyl (C=O) groups is 2. The van der Waals surface area contributed by atoms with Crippen LogP contribution in [0.2, 0.25) is 0 Å². The molecule has 28 heavy (non-hydrogen) atoms. The third-order valence-corrected chi connectivity index (χ3v) is 4.01. The highest BCUT2D eigenvalue weighted by molar-refractivity contribution is 6.03. The van der Waals surface area contributed by atoms with Gasteiger partial charge in [0.15, 0.2) is 12.4 Å². The van der Waals surface area contributed by atoms with Crippen LogP contribution in [0.4, 0.5) is 11.4 Å². The fraction of sp³-hybridized carbons (Fsp3) is 0.100. The Labute approximate surface area is 159 Å². The minimum Gasteiger partial charge on any atom is -0.490 e. The van der Waals surface area contributed by atoms with Gasteiger partial charge in [0.1, 0.15) is 0 Å². The topological polar surface area (TPSA) is 108 Å². The van der Waals surface area contributed by atoms with Crippen molar-refractivity contribution in [2.45, 2.75) is 0 Å². The highest BCUT2D eigenvalue weighted by atomic mass is 16.6. The van der Waals surface area contributed by atoms with Crippen molar-refractivity contribution in [1.82, 2.24) is 0 Å². The third kappa shape index (κ3) is 4.07. The Morgan fingerprint density at radius 3 is 2.57 bits per heavy atom. The van der Waals surface area contributed by atoms with Gasteiger partial charge in [0, 0.05) is 17.1 Å². The first-order chi connectivity index (χ1) is 13.5.